The van der Waals surface area contributed by atoms with E-state index >= 15 is 0 Å². The molecule has 1 aliphatic heterocycles. The molecule has 0 aromatic heterocycles. The van der Waals surface area contributed by atoms with Crippen LogP contribution in [0.4, 0.5) is 0 Å². The zero-order valence-electron chi connectivity index (χ0n) is 22.7. The van der Waals surface area contributed by atoms with E-state index in [0.29, 0.717) is 34.4 Å². The lowest BCUT2D eigenvalue weighted by atomic mass is 9.35. The third kappa shape index (κ3) is 3.09. The number of hydrogen-bond acceptors (Lipinski definition) is 3. The molecule has 3 nitrogen and oxygen atoms in total. The van der Waals surface area contributed by atoms with Gasteiger partial charge >= 0.3 is 0 Å². The second-order valence-electron chi connectivity index (χ2n) is 15.1. The van der Waals surface area contributed by atoms with Gasteiger partial charge in [-0.3, -0.25) is 4.79 Å². The van der Waals surface area contributed by atoms with Crippen molar-refractivity contribution in [3.8, 4) is 0 Å². The molecule has 0 spiro atoms. The number of hydrogen-bond donors (Lipinski definition) is 1. The molecule has 0 radical (unpaired) electrons. The van der Waals surface area contributed by atoms with Crippen LogP contribution in [0.15, 0.2) is 0 Å². The standard InChI is InChI=1S/C30H50O3/c1-25(2)21-12-17-29(7)22(27(21,5)15-13-23(25)31)10-9-19-20(11-16-28(19,29)6)30(8)18-14-24(33-30)26(3,4)32/h19-22,24,32H,9-18H2,1-8H3/t19-,20+,21+,22-,24-,27+,28-,29-,30+/m1/s1. The molecule has 0 amide bonds. The van der Waals surface area contributed by atoms with Gasteiger partial charge in [-0.15, -0.1) is 0 Å². The number of aliphatic hydroxyl groups is 1. The lowest BCUT2D eigenvalue weighted by Crippen LogP contribution is -2.63. The fourth-order valence-electron chi connectivity index (χ4n) is 10.9. The molecular weight excluding hydrogens is 408 g/mol. The first-order valence-corrected chi connectivity index (χ1v) is 14.0. The molecule has 0 aromatic rings. The molecule has 0 bridgehead atoms. The smallest absolute Gasteiger partial charge is 0.138 e. The first kappa shape index (κ1) is 24.3. The van der Waals surface area contributed by atoms with Crippen molar-refractivity contribution in [2.24, 2.45) is 45.3 Å². The molecule has 33 heavy (non-hydrogen) atoms. The Morgan fingerprint density at radius 2 is 1.45 bits per heavy atom. The van der Waals surface area contributed by atoms with Crippen LogP contribution in [0.3, 0.4) is 0 Å². The first-order chi connectivity index (χ1) is 15.1. The van der Waals surface area contributed by atoms with E-state index in [4.69, 9.17) is 4.74 Å². The van der Waals surface area contributed by atoms with E-state index in [9.17, 15) is 9.90 Å². The highest BCUT2D eigenvalue weighted by Gasteiger charge is 2.70. The van der Waals surface area contributed by atoms with E-state index in [1.54, 1.807) is 0 Å². The fourth-order valence-corrected chi connectivity index (χ4v) is 10.9. The zero-order valence-corrected chi connectivity index (χ0v) is 22.7. The first-order valence-electron chi connectivity index (χ1n) is 14.0. The van der Waals surface area contributed by atoms with Crippen molar-refractivity contribution < 1.29 is 14.6 Å². The maximum Gasteiger partial charge on any atom is 0.138 e. The Hall–Kier alpha value is -0.410. The number of Topliss-reactive ketones (excluding diaryl/α,β-unsaturated/α-hetero) is 1. The fraction of sp³-hybridized carbons (Fsp3) is 0.967. The van der Waals surface area contributed by atoms with Crippen molar-refractivity contribution in [1.82, 2.24) is 0 Å². The summed E-state index contributed by atoms with van der Waals surface area (Å²) < 4.78 is 6.72. The van der Waals surface area contributed by atoms with Crippen LogP contribution < -0.4 is 0 Å². The summed E-state index contributed by atoms with van der Waals surface area (Å²) in [4.78, 5) is 12.9. The van der Waals surface area contributed by atoms with Crippen LogP contribution in [0.1, 0.15) is 120 Å². The summed E-state index contributed by atoms with van der Waals surface area (Å²) in [6, 6.07) is 0. The Balaban J connectivity index is 1.45. The molecule has 4 aliphatic carbocycles. The van der Waals surface area contributed by atoms with Crippen LogP contribution in [0.25, 0.3) is 0 Å². The van der Waals surface area contributed by atoms with Gasteiger partial charge in [-0.05, 0) is 118 Å². The zero-order chi connectivity index (χ0) is 24.2. The summed E-state index contributed by atoms with van der Waals surface area (Å²) in [6.07, 6.45) is 11.6. The van der Waals surface area contributed by atoms with Crippen LogP contribution in [-0.4, -0.2) is 28.2 Å². The van der Waals surface area contributed by atoms with E-state index in [1.807, 2.05) is 13.8 Å². The minimum atomic E-state index is -0.762. The van der Waals surface area contributed by atoms with Crippen LogP contribution in [0.5, 0.6) is 0 Å². The SMILES string of the molecule is CC(C)(O)[C@H]1CC[C@@](C)([C@H]2CC[C@]3(C)[C@@H]2CC[C@@H]2[C@@]4(C)CCC(=O)C(C)(C)[C@@H]4CC[C@]23C)O1. The van der Waals surface area contributed by atoms with Gasteiger partial charge in [0.25, 0.3) is 0 Å². The Labute approximate surface area is 202 Å². The van der Waals surface area contributed by atoms with Crippen molar-refractivity contribution in [3.63, 3.8) is 0 Å². The van der Waals surface area contributed by atoms with Crippen LogP contribution in [0.2, 0.25) is 0 Å². The van der Waals surface area contributed by atoms with E-state index in [0.717, 1.165) is 31.6 Å². The minimum Gasteiger partial charge on any atom is -0.388 e. The number of rotatable bonds is 2. The third-order valence-electron chi connectivity index (χ3n) is 13.0. The average Bonchev–Trinajstić information content (AvgIpc) is 3.27. The van der Waals surface area contributed by atoms with Gasteiger partial charge < -0.3 is 9.84 Å². The molecular formula is C30H50O3. The molecule has 0 aromatic carbocycles. The van der Waals surface area contributed by atoms with E-state index < -0.39 is 5.60 Å². The van der Waals surface area contributed by atoms with Gasteiger partial charge in [0, 0.05) is 11.8 Å². The Morgan fingerprint density at radius 1 is 0.788 bits per heavy atom. The van der Waals surface area contributed by atoms with E-state index in [-0.39, 0.29) is 22.5 Å². The quantitative estimate of drug-likeness (QED) is 0.487. The molecule has 0 unspecified atom stereocenters. The summed E-state index contributed by atoms with van der Waals surface area (Å²) in [5.74, 6) is 3.06. The predicted molar refractivity (Wildman–Crippen MR) is 133 cm³/mol. The normalized spacial score (nSPS) is 54.0. The summed E-state index contributed by atoms with van der Waals surface area (Å²) in [6.45, 7) is 18.5. The number of carbonyl (C=O) groups is 1. The Kier molecular flexibility index (Phi) is 5.22. The average molecular weight is 459 g/mol. The molecule has 1 saturated heterocycles. The highest BCUT2D eigenvalue weighted by molar-refractivity contribution is 5.85. The molecule has 1 heterocycles. The van der Waals surface area contributed by atoms with Crippen LogP contribution in [0, 0.1) is 45.3 Å². The van der Waals surface area contributed by atoms with Gasteiger partial charge in [-0.2, -0.15) is 0 Å². The molecule has 4 saturated carbocycles. The lowest BCUT2D eigenvalue weighted by Gasteiger charge is -2.69. The molecule has 9 atom stereocenters. The van der Waals surface area contributed by atoms with Crippen molar-refractivity contribution in [3.05, 3.63) is 0 Å². The van der Waals surface area contributed by atoms with Crippen LogP contribution in [-0.2, 0) is 9.53 Å². The molecule has 1 N–H and O–H groups in total. The van der Waals surface area contributed by atoms with Crippen molar-refractivity contribution in [2.45, 2.75) is 137 Å². The van der Waals surface area contributed by atoms with Crippen molar-refractivity contribution in [2.75, 3.05) is 0 Å². The number of ketones is 1. The number of carbonyl (C=O) groups excluding carboxylic acids is 1. The monoisotopic (exact) mass is 458 g/mol. The maximum atomic E-state index is 12.9. The second kappa shape index (κ2) is 7.09. The molecule has 5 fully saturated rings. The Bertz CT molecular complexity index is 825. The van der Waals surface area contributed by atoms with E-state index in [1.165, 1.54) is 38.5 Å². The maximum absolute atomic E-state index is 12.9. The highest BCUT2D eigenvalue weighted by atomic mass is 16.5. The summed E-state index contributed by atoms with van der Waals surface area (Å²) >= 11 is 0. The van der Waals surface area contributed by atoms with Gasteiger partial charge in [-0.25, -0.2) is 0 Å². The Morgan fingerprint density at radius 3 is 2.09 bits per heavy atom. The lowest BCUT2D eigenvalue weighted by molar-refractivity contribution is -0.210. The molecule has 188 valence electrons. The van der Waals surface area contributed by atoms with E-state index in [2.05, 4.69) is 41.5 Å². The van der Waals surface area contributed by atoms with Crippen molar-refractivity contribution in [1.29, 1.82) is 0 Å². The summed E-state index contributed by atoms with van der Waals surface area (Å²) in [7, 11) is 0. The molecule has 3 heteroatoms. The van der Waals surface area contributed by atoms with Gasteiger partial charge in [-0.1, -0.05) is 34.6 Å². The van der Waals surface area contributed by atoms with Gasteiger partial charge in [0.05, 0.1) is 17.3 Å². The second-order valence-corrected chi connectivity index (χ2v) is 15.1. The largest absolute Gasteiger partial charge is 0.388 e. The molecule has 5 aliphatic rings. The predicted octanol–water partition coefficient (Wildman–Crippen LogP) is 6.95. The van der Waals surface area contributed by atoms with Crippen molar-refractivity contribution >= 4 is 5.78 Å². The summed E-state index contributed by atoms with van der Waals surface area (Å²) in [5, 5.41) is 10.6. The molecule has 5 rings (SSSR count). The highest BCUT2D eigenvalue weighted by Crippen LogP contribution is 2.75. The minimum absolute atomic E-state index is 0.0439. The van der Waals surface area contributed by atoms with Gasteiger partial charge in [0.1, 0.15) is 5.78 Å². The third-order valence-corrected chi connectivity index (χ3v) is 13.0. The van der Waals surface area contributed by atoms with Gasteiger partial charge in [0.15, 0.2) is 0 Å². The number of fused-ring (bicyclic) bond motifs is 5. The number of ether oxygens (including phenoxy) is 1. The van der Waals surface area contributed by atoms with Gasteiger partial charge in [0.2, 0.25) is 0 Å². The summed E-state index contributed by atoms with van der Waals surface area (Å²) in [5.41, 5.74) is -0.0493. The topological polar surface area (TPSA) is 46.5 Å². The van der Waals surface area contributed by atoms with Crippen LogP contribution >= 0.6 is 0 Å².